The Morgan fingerprint density at radius 1 is 1.16 bits per heavy atom. The standard InChI is InChI=1S/C15H16FN3/c1-11(2)19-9-6-12(17-19)10-18-8-7-13-14(16)4-3-5-15(13)18/h3-9,11H,10H2,1-2H3. The highest BCUT2D eigenvalue weighted by Gasteiger charge is 2.07. The first-order chi connectivity index (χ1) is 9.15. The van der Waals surface area contributed by atoms with Crippen molar-refractivity contribution in [2.75, 3.05) is 0 Å². The zero-order valence-corrected chi connectivity index (χ0v) is 11.0. The van der Waals surface area contributed by atoms with Gasteiger partial charge < -0.3 is 4.57 Å². The van der Waals surface area contributed by atoms with Crippen LogP contribution < -0.4 is 0 Å². The number of benzene rings is 1. The normalized spacial score (nSPS) is 11.6. The third kappa shape index (κ3) is 2.14. The van der Waals surface area contributed by atoms with Crippen LogP contribution >= 0.6 is 0 Å². The average molecular weight is 257 g/mol. The molecule has 3 rings (SSSR count). The summed E-state index contributed by atoms with van der Waals surface area (Å²) in [5.74, 6) is -0.177. The zero-order valence-electron chi connectivity index (χ0n) is 11.0. The summed E-state index contributed by atoms with van der Waals surface area (Å²) in [5.41, 5.74) is 1.88. The van der Waals surface area contributed by atoms with Gasteiger partial charge in [0.2, 0.25) is 0 Å². The molecule has 0 saturated heterocycles. The van der Waals surface area contributed by atoms with E-state index in [1.807, 2.05) is 39.8 Å². The van der Waals surface area contributed by atoms with E-state index in [0.717, 1.165) is 11.2 Å². The van der Waals surface area contributed by atoms with Gasteiger partial charge in [0.25, 0.3) is 0 Å². The fourth-order valence-electron chi connectivity index (χ4n) is 2.25. The van der Waals surface area contributed by atoms with Crippen LogP contribution in [0.1, 0.15) is 25.6 Å². The Kier molecular flexibility index (Phi) is 2.85. The summed E-state index contributed by atoms with van der Waals surface area (Å²) < 4.78 is 17.6. The van der Waals surface area contributed by atoms with Gasteiger partial charge in [-0.15, -0.1) is 0 Å². The van der Waals surface area contributed by atoms with Crippen molar-refractivity contribution in [1.29, 1.82) is 0 Å². The number of hydrogen-bond acceptors (Lipinski definition) is 1. The molecule has 0 amide bonds. The summed E-state index contributed by atoms with van der Waals surface area (Å²) in [7, 11) is 0. The molecule has 1 aromatic carbocycles. The molecule has 0 aliphatic rings. The van der Waals surface area contributed by atoms with Crippen LogP contribution in [-0.2, 0) is 6.54 Å². The van der Waals surface area contributed by atoms with Crippen LogP contribution in [0.5, 0.6) is 0 Å². The Morgan fingerprint density at radius 3 is 2.74 bits per heavy atom. The molecule has 98 valence electrons. The maximum absolute atomic E-state index is 13.6. The summed E-state index contributed by atoms with van der Waals surface area (Å²) in [4.78, 5) is 0. The molecule has 0 fully saturated rings. The van der Waals surface area contributed by atoms with Gasteiger partial charge in [-0.25, -0.2) is 4.39 Å². The second kappa shape index (κ2) is 4.53. The van der Waals surface area contributed by atoms with Crippen LogP contribution in [0.2, 0.25) is 0 Å². The molecule has 0 unspecified atom stereocenters. The molecule has 2 aromatic heterocycles. The first-order valence-corrected chi connectivity index (χ1v) is 6.42. The first-order valence-electron chi connectivity index (χ1n) is 6.42. The van der Waals surface area contributed by atoms with Crippen molar-refractivity contribution in [2.24, 2.45) is 0 Å². The molecular weight excluding hydrogens is 241 g/mol. The lowest BCUT2D eigenvalue weighted by atomic mass is 10.2. The van der Waals surface area contributed by atoms with E-state index >= 15 is 0 Å². The van der Waals surface area contributed by atoms with Gasteiger partial charge in [-0.2, -0.15) is 5.10 Å². The van der Waals surface area contributed by atoms with Gasteiger partial charge in [-0.3, -0.25) is 4.68 Å². The van der Waals surface area contributed by atoms with Crippen molar-refractivity contribution in [3.05, 3.63) is 54.2 Å². The highest BCUT2D eigenvalue weighted by atomic mass is 19.1. The van der Waals surface area contributed by atoms with Crippen LogP contribution in [0.15, 0.2) is 42.7 Å². The molecule has 0 saturated carbocycles. The Hall–Kier alpha value is -2.10. The van der Waals surface area contributed by atoms with E-state index in [1.54, 1.807) is 6.07 Å². The molecule has 0 spiro atoms. The highest BCUT2D eigenvalue weighted by Crippen LogP contribution is 2.19. The van der Waals surface area contributed by atoms with Gasteiger partial charge in [0, 0.05) is 23.8 Å². The van der Waals surface area contributed by atoms with Crippen molar-refractivity contribution in [3.63, 3.8) is 0 Å². The Balaban J connectivity index is 1.94. The number of hydrogen-bond donors (Lipinski definition) is 0. The predicted molar refractivity (Wildman–Crippen MR) is 73.6 cm³/mol. The quantitative estimate of drug-likeness (QED) is 0.703. The molecular formula is C15H16FN3. The lowest BCUT2D eigenvalue weighted by molar-refractivity contribution is 0.524. The van der Waals surface area contributed by atoms with Gasteiger partial charge in [0.1, 0.15) is 5.82 Å². The van der Waals surface area contributed by atoms with Gasteiger partial charge >= 0.3 is 0 Å². The smallest absolute Gasteiger partial charge is 0.132 e. The second-order valence-corrected chi connectivity index (χ2v) is 5.00. The van der Waals surface area contributed by atoms with Crippen molar-refractivity contribution >= 4 is 10.9 Å². The monoisotopic (exact) mass is 257 g/mol. The average Bonchev–Trinajstić information content (AvgIpc) is 2.98. The Bertz CT molecular complexity index is 709. The molecule has 0 aliphatic carbocycles. The summed E-state index contributed by atoms with van der Waals surface area (Å²) in [6, 6.07) is 9.32. The predicted octanol–water partition coefficient (Wildman–Crippen LogP) is 3.61. The zero-order chi connectivity index (χ0) is 13.4. The van der Waals surface area contributed by atoms with E-state index in [4.69, 9.17) is 0 Å². The molecule has 4 heteroatoms. The topological polar surface area (TPSA) is 22.8 Å². The lowest BCUT2D eigenvalue weighted by Gasteiger charge is -2.05. The minimum Gasteiger partial charge on any atom is -0.341 e. The van der Waals surface area contributed by atoms with E-state index in [2.05, 4.69) is 18.9 Å². The number of rotatable bonds is 3. The van der Waals surface area contributed by atoms with Crippen LogP contribution in [0.25, 0.3) is 10.9 Å². The summed E-state index contributed by atoms with van der Waals surface area (Å²) in [6.07, 6.45) is 3.88. The fraction of sp³-hybridized carbons (Fsp3) is 0.267. The minimum atomic E-state index is -0.177. The first kappa shape index (κ1) is 12.0. The third-order valence-electron chi connectivity index (χ3n) is 3.29. The van der Waals surface area contributed by atoms with E-state index in [-0.39, 0.29) is 5.82 Å². The van der Waals surface area contributed by atoms with Crippen molar-refractivity contribution in [3.8, 4) is 0 Å². The van der Waals surface area contributed by atoms with E-state index in [0.29, 0.717) is 18.0 Å². The van der Waals surface area contributed by atoms with Crippen LogP contribution in [0.4, 0.5) is 4.39 Å². The van der Waals surface area contributed by atoms with Crippen LogP contribution in [-0.4, -0.2) is 14.3 Å². The van der Waals surface area contributed by atoms with E-state index in [1.165, 1.54) is 6.07 Å². The van der Waals surface area contributed by atoms with Gasteiger partial charge in [0.05, 0.1) is 17.8 Å². The number of halogens is 1. The van der Waals surface area contributed by atoms with Gasteiger partial charge in [-0.1, -0.05) is 6.07 Å². The SMILES string of the molecule is CC(C)n1ccc(Cn2ccc3c(F)cccc32)n1. The summed E-state index contributed by atoms with van der Waals surface area (Å²) in [5, 5.41) is 5.17. The molecule has 3 aromatic rings. The molecule has 0 radical (unpaired) electrons. The molecule has 19 heavy (non-hydrogen) atoms. The maximum Gasteiger partial charge on any atom is 0.132 e. The molecule has 0 atom stereocenters. The highest BCUT2D eigenvalue weighted by molar-refractivity contribution is 5.80. The van der Waals surface area contributed by atoms with Crippen molar-refractivity contribution in [1.82, 2.24) is 14.3 Å². The molecule has 3 nitrogen and oxygen atoms in total. The minimum absolute atomic E-state index is 0.177. The largest absolute Gasteiger partial charge is 0.341 e. The number of aromatic nitrogens is 3. The van der Waals surface area contributed by atoms with Gasteiger partial charge in [0.15, 0.2) is 0 Å². The Labute approximate surface area is 111 Å². The molecule has 0 N–H and O–H groups in total. The maximum atomic E-state index is 13.6. The molecule has 0 aliphatic heterocycles. The van der Waals surface area contributed by atoms with Crippen molar-refractivity contribution < 1.29 is 4.39 Å². The van der Waals surface area contributed by atoms with Gasteiger partial charge in [-0.05, 0) is 38.1 Å². The second-order valence-electron chi connectivity index (χ2n) is 5.00. The Morgan fingerprint density at radius 2 is 2.00 bits per heavy atom. The fourth-order valence-corrected chi connectivity index (χ4v) is 2.25. The van der Waals surface area contributed by atoms with E-state index in [9.17, 15) is 4.39 Å². The molecule has 0 bridgehead atoms. The molecule has 2 heterocycles. The number of fused-ring (bicyclic) bond motifs is 1. The van der Waals surface area contributed by atoms with E-state index < -0.39 is 0 Å². The van der Waals surface area contributed by atoms with Crippen molar-refractivity contribution in [2.45, 2.75) is 26.4 Å². The summed E-state index contributed by atoms with van der Waals surface area (Å²) >= 11 is 0. The number of nitrogens with zero attached hydrogens (tertiary/aromatic N) is 3. The van der Waals surface area contributed by atoms with Crippen LogP contribution in [0.3, 0.4) is 0 Å². The van der Waals surface area contributed by atoms with Crippen LogP contribution in [0, 0.1) is 5.82 Å². The summed E-state index contributed by atoms with van der Waals surface area (Å²) in [6.45, 7) is 4.85. The lowest BCUT2D eigenvalue weighted by Crippen LogP contribution is -2.04. The third-order valence-corrected chi connectivity index (χ3v) is 3.29.